The molecule has 0 saturated carbocycles. The third-order valence-electron chi connectivity index (χ3n) is 3.26. The van der Waals surface area contributed by atoms with Gasteiger partial charge in [-0.2, -0.15) is 0 Å². The monoisotopic (exact) mass is 217 g/mol. The molecule has 1 N–H and O–H groups in total. The first-order chi connectivity index (χ1) is 7.59. The van der Waals surface area contributed by atoms with Crippen LogP contribution in [0.4, 0.5) is 0 Å². The standard InChI is InChI=1S/C13H15NO2/c1-3-10-11(15)13(2,14-12(10)16)9-7-5-4-6-8-9/h4-8,10H,3H2,1-2H3,(H,14,16). The van der Waals surface area contributed by atoms with Crippen LogP contribution >= 0.6 is 0 Å². The number of ketones is 1. The minimum absolute atomic E-state index is 0.0220. The minimum Gasteiger partial charge on any atom is -0.339 e. The van der Waals surface area contributed by atoms with E-state index < -0.39 is 11.5 Å². The molecule has 16 heavy (non-hydrogen) atoms. The summed E-state index contributed by atoms with van der Waals surface area (Å²) in [5.74, 6) is -0.671. The maximum Gasteiger partial charge on any atom is 0.231 e. The van der Waals surface area contributed by atoms with Crippen LogP contribution in [0.1, 0.15) is 25.8 Å². The summed E-state index contributed by atoms with van der Waals surface area (Å²) in [6, 6.07) is 9.39. The zero-order chi connectivity index (χ0) is 11.8. The third-order valence-corrected chi connectivity index (χ3v) is 3.26. The summed E-state index contributed by atoms with van der Waals surface area (Å²) in [5.41, 5.74) is 0.00301. The van der Waals surface area contributed by atoms with E-state index >= 15 is 0 Å². The van der Waals surface area contributed by atoms with Gasteiger partial charge >= 0.3 is 0 Å². The number of nitrogens with one attached hydrogen (secondary N) is 1. The van der Waals surface area contributed by atoms with E-state index in [-0.39, 0.29) is 11.7 Å². The van der Waals surface area contributed by atoms with E-state index in [2.05, 4.69) is 5.32 Å². The molecule has 1 aliphatic rings. The van der Waals surface area contributed by atoms with Crippen molar-refractivity contribution in [1.29, 1.82) is 0 Å². The molecule has 0 radical (unpaired) electrons. The van der Waals surface area contributed by atoms with Gasteiger partial charge in [-0.1, -0.05) is 37.3 Å². The summed E-state index contributed by atoms with van der Waals surface area (Å²) in [6.07, 6.45) is 0.563. The van der Waals surface area contributed by atoms with Crippen LogP contribution in [0.2, 0.25) is 0 Å². The van der Waals surface area contributed by atoms with Crippen LogP contribution in [0.25, 0.3) is 0 Å². The molecule has 1 saturated heterocycles. The molecule has 3 nitrogen and oxygen atoms in total. The van der Waals surface area contributed by atoms with Crippen molar-refractivity contribution in [2.24, 2.45) is 5.92 Å². The van der Waals surface area contributed by atoms with E-state index in [4.69, 9.17) is 0 Å². The van der Waals surface area contributed by atoms with Gasteiger partial charge in [0.05, 0.1) is 5.92 Å². The molecule has 2 rings (SSSR count). The normalized spacial score (nSPS) is 29.2. The smallest absolute Gasteiger partial charge is 0.231 e. The molecule has 2 unspecified atom stereocenters. The fourth-order valence-electron chi connectivity index (χ4n) is 2.22. The lowest BCUT2D eigenvalue weighted by Gasteiger charge is -2.22. The summed E-state index contributed by atoms with van der Waals surface area (Å²) in [5, 5.41) is 2.81. The zero-order valence-corrected chi connectivity index (χ0v) is 9.49. The van der Waals surface area contributed by atoms with Crippen molar-refractivity contribution in [3.63, 3.8) is 0 Å². The molecule has 0 aromatic heterocycles. The van der Waals surface area contributed by atoms with Gasteiger partial charge in [-0.25, -0.2) is 0 Å². The largest absolute Gasteiger partial charge is 0.339 e. The number of amides is 1. The van der Waals surface area contributed by atoms with Gasteiger partial charge in [-0.05, 0) is 18.9 Å². The molecule has 0 spiro atoms. The molecule has 3 heteroatoms. The molecule has 1 aromatic rings. The molecule has 0 bridgehead atoms. The molecule has 1 aromatic carbocycles. The zero-order valence-electron chi connectivity index (χ0n) is 9.49. The Bertz CT molecular complexity index is 427. The van der Waals surface area contributed by atoms with E-state index in [1.807, 2.05) is 37.3 Å². The van der Waals surface area contributed by atoms with Crippen molar-refractivity contribution in [3.05, 3.63) is 35.9 Å². The maximum atomic E-state index is 12.2. The highest BCUT2D eigenvalue weighted by Gasteiger charge is 2.49. The summed E-state index contributed by atoms with van der Waals surface area (Å²) in [6.45, 7) is 3.64. The predicted octanol–water partition coefficient (Wildman–Crippen LogP) is 1.63. The van der Waals surface area contributed by atoms with Gasteiger partial charge in [-0.3, -0.25) is 9.59 Å². The van der Waals surface area contributed by atoms with Crippen molar-refractivity contribution in [2.45, 2.75) is 25.8 Å². The SMILES string of the molecule is CCC1C(=O)NC(C)(c2ccccc2)C1=O. The minimum atomic E-state index is -0.848. The van der Waals surface area contributed by atoms with E-state index in [1.54, 1.807) is 6.92 Å². The molecule has 1 aliphatic heterocycles. The highest BCUT2D eigenvalue weighted by Crippen LogP contribution is 2.32. The fraction of sp³-hybridized carbons (Fsp3) is 0.385. The number of carbonyl (C=O) groups is 2. The number of Topliss-reactive ketones (excluding diaryl/α,β-unsaturated/α-hetero) is 1. The lowest BCUT2D eigenvalue weighted by atomic mass is 9.85. The third kappa shape index (κ3) is 1.43. The van der Waals surface area contributed by atoms with Gasteiger partial charge < -0.3 is 5.32 Å². The van der Waals surface area contributed by atoms with Gasteiger partial charge in [0.1, 0.15) is 5.54 Å². The predicted molar refractivity (Wildman–Crippen MR) is 60.7 cm³/mol. The lowest BCUT2D eigenvalue weighted by Crippen LogP contribution is -2.40. The Hall–Kier alpha value is -1.64. The summed E-state index contributed by atoms with van der Waals surface area (Å²) in [4.78, 5) is 23.9. The number of hydrogen-bond acceptors (Lipinski definition) is 2. The first-order valence-corrected chi connectivity index (χ1v) is 5.51. The van der Waals surface area contributed by atoms with Crippen molar-refractivity contribution < 1.29 is 9.59 Å². The van der Waals surface area contributed by atoms with Crippen LogP contribution in [0.3, 0.4) is 0 Å². The van der Waals surface area contributed by atoms with E-state index in [0.29, 0.717) is 6.42 Å². The van der Waals surface area contributed by atoms with Gasteiger partial charge in [0.25, 0.3) is 0 Å². The Morgan fingerprint density at radius 2 is 1.88 bits per heavy atom. The van der Waals surface area contributed by atoms with E-state index in [9.17, 15) is 9.59 Å². The van der Waals surface area contributed by atoms with Crippen molar-refractivity contribution in [2.75, 3.05) is 0 Å². The average molecular weight is 217 g/mol. The topological polar surface area (TPSA) is 46.2 Å². The molecule has 1 heterocycles. The van der Waals surface area contributed by atoms with Crippen LogP contribution in [0.5, 0.6) is 0 Å². The molecule has 1 amide bonds. The summed E-state index contributed by atoms with van der Waals surface area (Å²) in [7, 11) is 0. The Morgan fingerprint density at radius 3 is 2.38 bits per heavy atom. The Labute approximate surface area is 94.9 Å². The Kier molecular flexibility index (Phi) is 2.54. The lowest BCUT2D eigenvalue weighted by molar-refractivity contribution is -0.128. The second-order valence-electron chi connectivity index (χ2n) is 4.31. The molecular weight excluding hydrogens is 202 g/mol. The highest BCUT2D eigenvalue weighted by molar-refractivity contribution is 6.12. The van der Waals surface area contributed by atoms with Crippen molar-refractivity contribution in [3.8, 4) is 0 Å². The highest BCUT2D eigenvalue weighted by atomic mass is 16.2. The van der Waals surface area contributed by atoms with Crippen LogP contribution in [-0.4, -0.2) is 11.7 Å². The van der Waals surface area contributed by atoms with Gasteiger partial charge in [0.2, 0.25) is 5.91 Å². The summed E-state index contributed by atoms with van der Waals surface area (Å²) >= 11 is 0. The average Bonchev–Trinajstić information content (AvgIpc) is 2.52. The fourth-order valence-corrected chi connectivity index (χ4v) is 2.22. The van der Waals surface area contributed by atoms with Crippen molar-refractivity contribution in [1.82, 2.24) is 5.32 Å². The maximum absolute atomic E-state index is 12.2. The summed E-state index contributed by atoms with van der Waals surface area (Å²) < 4.78 is 0. The van der Waals surface area contributed by atoms with Gasteiger partial charge in [-0.15, -0.1) is 0 Å². The quantitative estimate of drug-likeness (QED) is 0.765. The number of hydrogen-bond donors (Lipinski definition) is 1. The van der Waals surface area contributed by atoms with Crippen molar-refractivity contribution >= 4 is 11.7 Å². The molecule has 2 atom stereocenters. The van der Waals surface area contributed by atoms with E-state index in [0.717, 1.165) is 5.56 Å². The molecule has 84 valence electrons. The number of carbonyl (C=O) groups excluding carboxylic acids is 2. The second kappa shape index (κ2) is 3.74. The van der Waals surface area contributed by atoms with Crippen LogP contribution in [0.15, 0.2) is 30.3 Å². The first-order valence-electron chi connectivity index (χ1n) is 5.51. The van der Waals surface area contributed by atoms with Crippen LogP contribution < -0.4 is 5.32 Å². The second-order valence-corrected chi connectivity index (χ2v) is 4.31. The van der Waals surface area contributed by atoms with Gasteiger partial charge in [0, 0.05) is 0 Å². The number of rotatable bonds is 2. The Morgan fingerprint density at radius 1 is 1.25 bits per heavy atom. The van der Waals surface area contributed by atoms with E-state index in [1.165, 1.54) is 0 Å². The van der Waals surface area contributed by atoms with Crippen LogP contribution in [0, 0.1) is 5.92 Å². The van der Waals surface area contributed by atoms with Crippen LogP contribution in [-0.2, 0) is 15.1 Å². The molecular formula is C13H15NO2. The Balaban J connectivity index is 2.42. The molecule has 0 aliphatic carbocycles. The molecule has 1 fully saturated rings. The number of benzene rings is 1. The first kappa shape index (κ1) is 10.9. The van der Waals surface area contributed by atoms with Gasteiger partial charge in [0.15, 0.2) is 5.78 Å².